The van der Waals surface area contributed by atoms with Crippen LogP contribution in [-0.4, -0.2) is 13.2 Å². The summed E-state index contributed by atoms with van der Waals surface area (Å²) < 4.78 is 11.2. The zero-order valence-corrected chi connectivity index (χ0v) is 13.1. The average molecular weight is 383 g/mol. The van der Waals surface area contributed by atoms with Gasteiger partial charge in [-0.2, -0.15) is 0 Å². The average Bonchev–Trinajstić information content (AvgIpc) is 2.46. The molecule has 0 spiro atoms. The fourth-order valence-corrected chi connectivity index (χ4v) is 2.36. The second-order valence-electron chi connectivity index (χ2n) is 4.04. The van der Waals surface area contributed by atoms with E-state index in [-0.39, 0.29) is 6.61 Å². The number of amides is 1. The molecular formula is C15H14INO3. The molecule has 0 saturated heterocycles. The van der Waals surface area contributed by atoms with Crippen molar-refractivity contribution in [2.75, 3.05) is 12.4 Å². The van der Waals surface area contributed by atoms with Crippen molar-refractivity contribution in [3.63, 3.8) is 0 Å². The molecule has 0 heterocycles. The number of hydrogen-bond donors (Lipinski definition) is 1. The van der Waals surface area contributed by atoms with Crippen LogP contribution in [0.1, 0.15) is 5.56 Å². The predicted molar refractivity (Wildman–Crippen MR) is 86.0 cm³/mol. The largest absolute Gasteiger partial charge is 0.496 e. The summed E-state index contributed by atoms with van der Waals surface area (Å²) in [5.41, 5.74) is 1.63. The molecule has 20 heavy (non-hydrogen) atoms. The number of methoxy groups -OCH3 is 1. The third-order valence-corrected chi connectivity index (χ3v) is 3.45. The molecule has 0 radical (unpaired) electrons. The summed E-state index contributed by atoms with van der Waals surface area (Å²) in [7, 11) is 1.61. The molecule has 1 amide bonds. The maximum atomic E-state index is 11.7. The van der Waals surface area contributed by atoms with Crippen LogP contribution < -0.4 is 10.1 Å². The van der Waals surface area contributed by atoms with Crippen molar-refractivity contribution in [1.82, 2.24) is 0 Å². The lowest BCUT2D eigenvalue weighted by molar-refractivity contribution is 0.155. The van der Waals surface area contributed by atoms with E-state index in [1.54, 1.807) is 19.2 Å². The van der Waals surface area contributed by atoms with Gasteiger partial charge < -0.3 is 9.47 Å². The second kappa shape index (κ2) is 7.14. The number of carbonyl (C=O) groups excluding carboxylic acids is 1. The van der Waals surface area contributed by atoms with Crippen LogP contribution in [0.15, 0.2) is 48.5 Å². The molecule has 0 aliphatic carbocycles. The summed E-state index contributed by atoms with van der Waals surface area (Å²) in [6, 6.07) is 14.9. The van der Waals surface area contributed by atoms with Gasteiger partial charge in [-0.3, -0.25) is 5.32 Å². The van der Waals surface area contributed by atoms with Gasteiger partial charge in [-0.25, -0.2) is 4.79 Å². The van der Waals surface area contributed by atoms with Gasteiger partial charge in [0.1, 0.15) is 12.4 Å². The first-order valence-electron chi connectivity index (χ1n) is 6.00. The Balaban J connectivity index is 1.90. The van der Waals surface area contributed by atoms with E-state index in [1.807, 2.05) is 36.4 Å². The lowest BCUT2D eigenvalue weighted by atomic mass is 10.2. The van der Waals surface area contributed by atoms with Crippen molar-refractivity contribution in [3.8, 4) is 5.75 Å². The molecule has 0 unspecified atom stereocenters. The van der Waals surface area contributed by atoms with Crippen molar-refractivity contribution in [2.24, 2.45) is 0 Å². The topological polar surface area (TPSA) is 47.6 Å². The Morgan fingerprint density at radius 3 is 2.60 bits per heavy atom. The minimum atomic E-state index is -0.477. The van der Waals surface area contributed by atoms with Gasteiger partial charge in [0.25, 0.3) is 0 Å². The number of nitrogens with one attached hydrogen (secondary N) is 1. The molecular weight excluding hydrogens is 369 g/mol. The molecule has 4 nitrogen and oxygen atoms in total. The lowest BCUT2D eigenvalue weighted by Crippen LogP contribution is -2.13. The van der Waals surface area contributed by atoms with E-state index in [0.717, 1.165) is 14.9 Å². The summed E-state index contributed by atoms with van der Waals surface area (Å²) in [5.74, 6) is 0.772. The maximum absolute atomic E-state index is 11.7. The van der Waals surface area contributed by atoms with Crippen molar-refractivity contribution in [1.29, 1.82) is 0 Å². The second-order valence-corrected chi connectivity index (χ2v) is 5.20. The van der Waals surface area contributed by atoms with Crippen LogP contribution >= 0.6 is 22.6 Å². The number of carbonyl (C=O) groups is 1. The molecule has 1 N–H and O–H groups in total. The molecule has 2 rings (SSSR count). The van der Waals surface area contributed by atoms with E-state index in [2.05, 4.69) is 27.9 Å². The van der Waals surface area contributed by atoms with Crippen LogP contribution in [0.25, 0.3) is 0 Å². The van der Waals surface area contributed by atoms with Crippen molar-refractivity contribution >= 4 is 34.4 Å². The van der Waals surface area contributed by atoms with Crippen LogP contribution in [0.4, 0.5) is 10.5 Å². The van der Waals surface area contributed by atoms with Gasteiger partial charge in [0.05, 0.1) is 10.7 Å². The summed E-state index contributed by atoms with van der Waals surface area (Å²) in [6.07, 6.45) is -0.477. The van der Waals surface area contributed by atoms with Gasteiger partial charge in [0, 0.05) is 5.69 Å². The Morgan fingerprint density at radius 2 is 1.95 bits per heavy atom. The zero-order chi connectivity index (χ0) is 14.4. The van der Waals surface area contributed by atoms with Gasteiger partial charge in [-0.1, -0.05) is 30.3 Å². The molecule has 104 valence electrons. The third kappa shape index (κ3) is 4.12. The van der Waals surface area contributed by atoms with E-state index in [9.17, 15) is 4.79 Å². The quantitative estimate of drug-likeness (QED) is 0.811. The Hall–Kier alpha value is -1.76. The van der Waals surface area contributed by atoms with Crippen LogP contribution in [-0.2, 0) is 11.3 Å². The summed E-state index contributed by atoms with van der Waals surface area (Å²) in [6.45, 7) is 0.250. The number of halogens is 1. The SMILES string of the molecule is COc1ccc(NC(=O)OCc2ccccc2)cc1I. The molecule has 0 aliphatic rings. The highest BCUT2D eigenvalue weighted by Gasteiger charge is 2.06. The van der Waals surface area contributed by atoms with Crippen LogP contribution in [0, 0.1) is 3.57 Å². The first kappa shape index (κ1) is 14.6. The Kier molecular flexibility index (Phi) is 5.23. The summed E-state index contributed by atoms with van der Waals surface area (Å²) in [4.78, 5) is 11.7. The number of ether oxygens (including phenoxy) is 2. The third-order valence-electron chi connectivity index (χ3n) is 2.61. The lowest BCUT2D eigenvalue weighted by Gasteiger charge is -2.09. The van der Waals surface area contributed by atoms with Gasteiger partial charge in [0.15, 0.2) is 0 Å². The first-order chi connectivity index (χ1) is 9.69. The van der Waals surface area contributed by atoms with Crippen LogP contribution in [0.3, 0.4) is 0 Å². The maximum Gasteiger partial charge on any atom is 0.411 e. The molecule has 5 heteroatoms. The van der Waals surface area contributed by atoms with E-state index in [1.165, 1.54) is 0 Å². The normalized spacial score (nSPS) is 9.90. The molecule has 0 aromatic heterocycles. The molecule has 0 fully saturated rings. The van der Waals surface area contributed by atoms with Crippen molar-refractivity contribution in [3.05, 3.63) is 57.7 Å². The molecule has 0 saturated carbocycles. The monoisotopic (exact) mass is 383 g/mol. The summed E-state index contributed by atoms with van der Waals surface area (Å²) in [5, 5.41) is 2.68. The number of anilines is 1. The Bertz CT molecular complexity index is 587. The first-order valence-corrected chi connectivity index (χ1v) is 7.08. The van der Waals surface area contributed by atoms with Crippen molar-refractivity contribution in [2.45, 2.75) is 6.61 Å². The van der Waals surface area contributed by atoms with Gasteiger partial charge in [-0.15, -0.1) is 0 Å². The number of benzene rings is 2. The van der Waals surface area contributed by atoms with Crippen molar-refractivity contribution < 1.29 is 14.3 Å². The molecule has 0 bridgehead atoms. The number of rotatable bonds is 4. The highest BCUT2D eigenvalue weighted by Crippen LogP contribution is 2.24. The number of hydrogen-bond acceptors (Lipinski definition) is 3. The smallest absolute Gasteiger partial charge is 0.411 e. The van der Waals surface area contributed by atoms with Gasteiger partial charge in [-0.05, 0) is 46.4 Å². The van der Waals surface area contributed by atoms with E-state index < -0.39 is 6.09 Å². The van der Waals surface area contributed by atoms with Gasteiger partial charge >= 0.3 is 6.09 Å². The summed E-state index contributed by atoms with van der Waals surface area (Å²) >= 11 is 2.15. The highest BCUT2D eigenvalue weighted by molar-refractivity contribution is 14.1. The van der Waals surface area contributed by atoms with Crippen LogP contribution in [0.2, 0.25) is 0 Å². The van der Waals surface area contributed by atoms with E-state index in [4.69, 9.17) is 9.47 Å². The Morgan fingerprint density at radius 1 is 1.20 bits per heavy atom. The van der Waals surface area contributed by atoms with E-state index in [0.29, 0.717) is 5.69 Å². The molecule has 0 atom stereocenters. The molecule has 0 aliphatic heterocycles. The molecule has 2 aromatic rings. The fraction of sp³-hybridized carbons (Fsp3) is 0.133. The standard InChI is InChI=1S/C15H14INO3/c1-19-14-8-7-12(9-13(14)16)17-15(18)20-10-11-5-3-2-4-6-11/h2-9H,10H2,1H3,(H,17,18). The minimum Gasteiger partial charge on any atom is -0.496 e. The molecule has 2 aromatic carbocycles. The van der Waals surface area contributed by atoms with Gasteiger partial charge in [0.2, 0.25) is 0 Å². The predicted octanol–water partition coefficient (Wildman–Crippen LogP) is 4.05. The van der Waals surface area contributed by atoms with E-state index >= 15 is 0 Å². The Labute approximate surface area is 131 Å². The zero-order valence-electron chi connectivity index (χ0n) is 10.9. The minimum absolute atomic E-state index is 0.250. The highest BCUT2D eigenvalue weighted by atomic mass is 127. The fourth-order valence-electron chi connectivity index (χ4n) is 1.62. The van der Waals surface area contributed by atoms with Crippen LogP contribution in [0.5, 0.6) is 5.75 Å².